The molecular formula is C37H67NO5S. The molecule has 6 nitrogen and oxygen atoms in total. The number of rotatable bonds is 31. The van der Waals surface area contributed by atoms with Gasteiger partial charge in [0.25, 0.3) is 10.1 Å². The van der Waals surface area contributed by atoms with E-state index in [1.54, 1.807) is 6.08 Å². The Morgan fingerprint density at radius 3 is 1.61 bits per heavy atom. The number of hydrogen-bond acceptors (Lipinski definition) is 4. The summed E-state index contributed by atoms with van der Waals surface area (Å²) < 4.78 is 32.2. The van der Waals surface area contributed by atoms with E-state index < -0.39 is 28.0 Å². The first-order chi connectivity index (χ1) is 21.3. The van der Waals surface area contributed by atoms with Crippen molar-refractivity contribution in [1.29, 1.82) is 0 Å². The molecule has 0 aliphatic rings. The van der Waals surface area contributed by atoms with E-state index in [0.29, 0.717) is 6.42 Å². The molecule has 3 N–H and O–H groups in total. The van der Waals surface area contributed by atoms with Crippen LogP contribution < -0.4 is 5.32 Å². The van der Waals surface area contributed by atoms with Gasteiger partial charge in [-0.3, -0.25) is 9.35 Å². The van der Waals surface area contributed by atoms with Crippen molar-refractivity contribution in [2.24, 2.45) is 0 Å². The maximum atomic E-state index is 12.4. The van der Waals surface area contributed by atoms with Gasteiger partial charge in [0.2, 0.25) is 5.91 Å². The number of carbonyl (C=O) groups excluding carboxylic acids is 1. The highest BCUT2D eigenvalue weighted by Crippen LogP contribution is 2.12. The minimum atomic E-state index is -4.35. The maximum absolute atomic E-state index is 12.4. The number of amides is 1. The van der Waals surface area contributed by atoms with Gasteiger partial charge in [0.05, 0.1) is 17.9 Å². The lowest BCUT2D eigenvalue weighted by Gasteiger charge is -2.21. The van der Waals surface area contributed by atoms with Crippen molar-refractivity contribution in [3.63, 3.8) is 0 Å². The number of carbonyl (C=O) groups is 1. The summed E-state index contributed by atoms with van der Waals surface area (Å²) in [6.45, 7) is 4.44. The average Bonchev–Trinajstić information content (AvgIpc) is 2.98. The molecule has 0 heterocycles. The smallest absolute Gasteiger partial charge is 0.267 e. The zero-order valence-corrected chi connectivity index (χ0v) is 29.1. The average molecular weight is 638 g/mol. The van der Waals surface area contributed by atoms with Crippen LogP contribution in [0.15, 0.2) is 48.6 Å². The van der Waals surface area contributed by atoms with Crippen LogP contribution in [0.25, 0.3) is 0 Å². The van der Waals surface area contributed by atoms with Crippen molar-refractivity contribution in [3.05, 3.63) is 48.6 Å². The van der Waals surface area contributed by atoms with E-state index in [1.807, 2.05) is 0 Å². The van der Waals surface area contributed by atoms with E-state index >= 15 is 0 Å². The molecule has 0 saturated heterocycles. The second-order valence-corrected chi connectivity index (χ2v) is 13.6. The zero-order valence-electron chi connectivity index (χ0n) is 28.3. The van der Waals surface area contributed by atoms with Gasteiger partial charge in [-0.2, -0.15) is 8.42 Å². The lowest BCUT2D eigenvalue weighted by Crippen LogP contribution is -2.46. The summed E-state index contributed by atoms with van der Waals surface area (Å²) in [7, 11) is -4.35. The third-order valence-electron chi connectivity index (χ3n) is 7.73. The Kier molecular flexibility index (Phi) is 30.1. The molecule has 256 valence electrons. The number of unbranched alkanes of at least 4 members (excludes halogenated alkanes) is 17. The molecule has 0 fully saturated rings. The fraction of sp³-hybridized carbons (Fsp3) is 0.757. The van der Waals surface area contributed by atoms with Crippen LogP contribution >= 0.6 is 0 Å². The van der Waals surface area contributed by atoms with Crippen molar-refractivity contribution >= 4 is 16.0 Å². The van der Waals surface area contributed by atoms with Gasteiger partial charge in [0.15, 0.2) is 0 Å². The highest BCUT2D eigenvalue weighted by Gasteiger charge is 2.24. The number of aliphatic hydroxyl groups excluding tert-OH is 1. The summed E-state index contributed by atoms with van der Waals surface area (Å²) in [5.41, 5.74) is 0. The van der Waals surface area contributed by atoms with Crippen molar-refractivity contribution in [2.45, 2.75) is 174 Å². The second-order valence-electron chi connectivity index (χ2n) is 12.1. The molecule has 0 spiro atoms. The summed E-state index contributed by atoms with van der Waals surface area (Å²) in [6, 6.07) is -1.07. The Bertz CT molecular complexity index is 878. The minimum Gasteiger partial charge on any atom is -0.387 e. The van der Waals surface area contributed by atoms with Gasteiger partial charge in [-0.25, -0.2) is 0 Å². The number of hydrogen-bond donors (Lipinski definition) is 3. The Morgan fingerprint density at radius 1 is 0.614 bits per heavy atom. The van der Waals surface area contributed by atoms with Crippen molar-refractivity contribution in [2.75, 3.05) is 5.75 Å². The van der Waals surface area contributed by atoms with E-state index in [9.17, 15) is 22.9 Å². The number of aliphatic hydroxyl groups is 1. The summed E-state index contributed by atoms with van der Waals surface area (Å²) in [4.78, 5) is 12.4. The van der Waals surface area contributed by atoms with Crippen LogP contribution in [-0.2, 0) is 14.9 Å². The minimum absolute atomic E-state index is 0.281. The summed E-state index contributed by atoms with van der Waals surface area (Å²) >= 11 is 0. The number of allylic oxidation sites excluding steroid dienone is 7. The highest BCUT2D eigenvalue weighted by molar-refractivity contribution is 7.85. The van der Waals surface area contributed by atoms with Gasteiger partial charge in [0.1, 0.15) is 0 Å². The monoisotopic (exact) mass is 637 g/mol. The molecule has 0 bridgehead atoms. The second kappa shape index (κ2) is 31.3. The molecule has 0 rings (SSSR count). The predicted octanol–water partition coefficient (Wildman–Crippen LogP) is 9.96. The van der Waals surface area contributed by atoms with E-state index in [2.05, 4.69) is 55.6 Å². The third kappa shape index (κ3) is 31.7. The standard InChI is InChI=1S/C37H67NO5S/c1-3-5-7-9-11-13-15-16-17-18-19-20-21-22-23-25-27-29-31-33-37(40)38-35(34-44(41,42)43)36(39)32-30-28-26-24-14-12-10-8-6-4-2/h11,13-14,16-17,24,30,32,35-36,39H,3-10,12,15,18-23,25-29,31,33-34H2,1-2H3,(H,38,40)(H,41,42,43)/b13-11-,17-16-,24-14+,32-30+. The molecule has 0 aromatic carbocycles. The first-order valence-electron chi connectivity index (χ1n) is 17.8. The van der Waals surface area contributed by atoms with E-state index in [0.717, 1.165) is 44.9 Å². The molecule has 44 heavy (non-hydrogen) atoms. The fourth-order valence-corrected chi connectivity index (χ4v) is 5.76. The van der Waals surface area contributed by atoms with Crippen LogP contribution in [0.2, 0.25) is 0 Å². The van der Waals surface area contributed by atoms with Crippen LogP contribution in [-0.4, -0.2) is 41.9 Å². The lowest BCUT2D eigenvalue weighted by molar-refractivity contribution is -0.122. The Morgan fingerprint density at radius 2 is 1.05 bits per heavy atom. The van der Waals surface area contributed by atoms with Crippen LogP contribution in [0.3, 0.4) is 0 Å². The topological polar surface area (TPSA) is 104 Å². The van der Waals surface area contributed by atoms with Crippen LogP contribution in [0.5, 0.6) is 0 Å². The molecular weight excluding hydrogens is 570 g/mol. The first kappa shape index (κ1) is 42.3. The third-order valence-corrected chi connectivity index (χ3v) is 8.51. The van der Waals surface area contributed by atoms with E-state index in [-0.39, 0.29) is 12.3 Å². The van der Waals surface area contributed by atoms with E-state index in [4.69, 9.17) is 0 Å². The van der Waals surface area contributed by atoms with Gasteiger partial charge in [-0.05, 0) is 64.2 Å². The molecule has 0 aliphatic heterocycles. The van der Waals surface area contributed by atoms with Gasteiger partial charge in [-0.15, -0.1) is 0 Å². The Balaban J connectivity index is 3.97. The normalized spacial score (nSPS) is 14.0. The molecule has 2 unspecified atom stereocenters. The lowest BCUT2D eigenvalue weighted by atomic mass is 10.1. The number of nitrogens with one attached hydrogen (secondary N) is 1. The van der Waals surface area contributed by atoms with Crippen molar-refractivity contribution in [3.8, 4) is 0 Å². The van der Waals surface area contributed by atoms with E-state index in [1.165, 1.54) is 96.0 Å². The molecule has 7 heteroatoms. The summed E-state index contributed by atoms with van der Waals surface area (Å²) in [5.74, 6) is -1.01. The van der Waals surface area contributed by atoms with Crippen LogP contribution in [0.1, 0.15) is 162 Å². The zero-order chi connectivity index (χ0) is 32.6. The molecule has 0 radical (unpaired) electrons. The first-order valence-corrected chi connectivity index (χ1v) is 19.4. The summed E-state index contributed by atoms with van der Waals surface area (Å²) in [5, 5.41) is 13.1. The van der Waals surface area contributed by atoms with Crippen LogP contribution in [0.4, 0.5) is 0 Å². The molecule has 2 atom stereocenters. The Hall–Kier alpha value is -1.70. The molecule has 0 aromatic rings. The van der Waals surface area contributed by atoms with Crippen LogP contribution in [0, 0.1) is 0 Å². The molecule has 0 aromatic heterocycles. The molecule has 0 aliphatic carbocycles. The predicted molar refractivity (Wildman–Crippen MR) is 188 cm³/mol. The Labute approximate surface area is 271 Å². The van der Waals surface area contributed by atoms with Gasteiger partial charge in [-0.1, -0.05) is 140 Å². The quantitative estimate of drug-likeness (QED) is 0.0399. The molecule has 1 amide bonds. The van der Waals surface area contributed by atoms with Gasteiger partial charge in [0, 0.05) is 6.42 Å². The van der Waals surface area contributed by atoms with Gasteiger partial charge < -0.3 is 10.4 Å². The largest absolute Gasteiger partial charge is 0.387 e. The SMILES string of the molecule is CCCCC/C=C\C/C=C\CCCCCCCCCCCC(=O)NC(CS(=O)(=O)O)C(O)/C=C/CC/C=C/CCCCCC. The highest BCUT2D eigenvalue weighted by atomic mass is 32.2. The molecule has 0 saturated carbocycles. The fourth-order valence-electron chi connectivity index (χ4n) is 5.02. The van der Waals surface area contributed by atoms with Gasteiger partial charge >= 0.3 is 0 Å². The maximum Gasteiger partial charge on any atom is 0.267 e. The summed E-state index contributed by atoms with van der Waals surface area (Å²) in [6.07, 6.45) is 41.0. The van der Waals surface area contributed by atoms with Crippen molar-refractivity contribution in [1.82, 2.24) is 5.32 Å². The van der Waals surface area contributed by atoms with Crippen molar-refractivity contribution < 1.29 is 22.9 Å².